The Hall–Kier alpha value is -3.26. The van der Waals surface area contributed by atoms with Crippen molar-refractivity contribution in [2.45, 2.75) is 26.8 Å². The summed E-state index contributed by atoms with van der Waals surface area (Å²) in [6.07, 6.45) is 5.24. The Labute approximate surface area is 188 Å². The lowest BCUT2D eigenvalue weighted by Gasteiger charge is -2.19. The van der Waals surface area contributed by atoms with Crippen molar-refractivity contribution in [3.8, 4) is 17.2 Å². The smallest absolute Gasteiger partial charge is 0.246 e. The molecule has 1 aromatic carbocycles. The van der Waals surface area contributed by atoms with Gasteiger partial charge < -0.3 is 24.8 Å². The van der Waals surface area contributed by atoms with Gasteiger partial charge in [0.15, 0.2) is 23.1 Å². The van der Waals surface area contributed by atoms with Crippen molar-refractivity contribution in [1.29, 1.82) is 0 Å². The molecule has 0 atom stereocenters. The molecule has 2 aromatic rings. The topological polar surface area (TPSA) is 101 Å². The third-order valence-corrected chi connectivity index (χ3v) is 4.12. The van der Waals surface area contributed by atoms with E-state index in [-0.39, 0.29) is 35.8 Å². The first kappa shape index (κ1) is 25.8. The zero-order chi connectivity index (χ0) is 22.1. The molecule has 0 fully saturated rings. The fraction of sp³-hybridized carbons (Fsp3) is 0.318. The van der Waals surface area contributed by atoms with E-state index in [1.54, 1.807) is 25.1 Å². The van der Waals surface area contributed by atoms with Gasteiger partial charge in [0, 0.05) is 38.4 Å². The minimum Gasteiger partial charge on any atom is -0.504 e. The van der Waals surface area contributed by atoms with Crippen molar-refractivity contribution < 1.29 is 24.2 Å². The average molecular weight is 450 g/mol. The van der Waals surface area contributed by atoms with E-state index < -0.39 is 0 Å². The van der Waals surface area contributed by atoms with Gasteiger partial charge in [-0.1, -0.05) is 19.1 Å². The van der Waals surface area contributed by atoms with Crippen molar-refractivity contribution in [3.63, 3.8) is 0 Å². The Morgan fingerprint density at radius 3 is 2.68 bits per heavy atom. The third-order valence-electron chi connectivity index (χ3n) is 4.12. The lowest BCUT2D eigenvalue weighted by molar-refractivity contribution is -0.125. The summed E-state index contributed by atoms with van der Waals surface area (Å²) < 4.78 is 11.2. The molecule has 2 N–H and O–H groups in total. The van der Waals surface area contributed by atoms with Crippen LogP contribution in [0, 0.1) is 0 Å². The monoisotopic (exact) mass is 449 g/mol. The summed E-state index contributed by atoms with van der Waals surface area (Å²) in [5.41, 5.74) is 1.36. The molecule has 168 valence electrons. The molecule has 0 saturated heterocycles. The number of anilines is 1. The highest BCUT2D eigenvalue weighted by Gasteiger charge is 2.14. The van der Waals surface area contributed by atoms with Gasteiger partial charge in [-0.05, 0) is 30.2 Å². The summed E-state index contributed by atoms with van der Waals surface area (Å²) in [6.45, 7) is 4.23. The van der Waals surface area contributed by atoms with Crippen LogP contribution >= 0.6 is 12.4 Å². The molecule has 1 heterocycles. The maximum Gasteiger partial charge on any atom is 0.246 e. The van der Waals surface area contributed by atoms with E-state index in [0.717, 1.165) is 12.0 Å². The summed E-state index contributed by atoms with van der Waals surface area (Å²) >= 11 is 0. The number of ether oxygens (including phenoxy) is 2. The maximum atomic E-state index is 12.5. The Bertz CT molecular complexity index is 933. The molecule has 0 unspecified atom stereocenters. The first-order valence-corrected chi connectivity index (χ1v) is 9.54. The van der Waals surface area contributed by atoms with Crippen molar-refractivity contribution in [2.75, 3.05) is 26.1 Å². The fourth-order valence-electron chi connectivity index (χ4n) is 2.67. The van der Waals surface area contributed by atoms with Gasteiger partial charge >= 0.3 is 0 Å². The number of amides is 2. The number of para-hydroxylation sites is 1. The summed E-state index contributed by atoms with van der Waals surface area (Å²) in [7, 11) is 3.27. The van der Waals surface area contributed by atoms with E-state index in [1.807, 2.05) is 25.1 Å². The van der Waals surface area contributed by atoms with E-state index in [4.69, 9.17) is 9.47 Å². The number of carbonyl (C=O) groups is 2. The van der Waals surface area contributed by atoms with Crippen LogP contribution < -0.4 is 14.8 Å². The van der Waals surface area contributed by atoms with Gasteiger partial charge in [-0.3, -0.25) is 9.59 Å². The van der Waals surface area contributed by atoms with Gasteiger partial charge in [0.1, 0.15) is 0 Å². The van der Waals surface area contributed by atoms with Crippen LogP contribution in [0.4, 0.5) is 5.82 Å². The standard InChI is InChI=1S/C22H27N3O5.ClH/c1-5-11-30-21-17(7-6-8-19(21)29-4)14-25(3)20(28)10-9-16-12-18(27)22(23-13-16)24-15(2)26;/h6-10,12-13,27H,5,11,14H2,1-4H3,(H,23,24,26);1H. The molecule has 0 bridgehead atoms. The number of aromatic hydroxyl groups is 1. The minimum atomic E-state index is -0.335. The van der Waals surface area contributed by atoms with Crippen LogP contribution in [-0.2, 0) is 16.1 Å². The predicted octanol–water partition coefficient (Wildman–Crippen LogP) is 3.64. The van der Waals surface area contributed by atoms with Crippen molar-refractivity contribution >= 4 is 36.1 Å². The first-order valence-electron chi connectivity index (χ1n) is 9.54. The zero-order valence-corrected chi connectivity index (χ0v) is 18.9. The number of likely N-dealkylation sites (N-methyl/N-ethyl adjacent to an activating group) is 1. The van der Waals surface area contributed by atoms with E-state index in [9.17, 15) is 14.7 Å². The lowest BCUT2D eigenvalue weighted by atomic mass is 10.1. The maximum absolute atomic E-state index is 12.5. The van der Waals surface area contributed by atoms with Gasteiger partial charge in [-0.25, -0.2) is 4.98 Å². The number of carbonyl (C=O) groups excluding carboxylic acids is 2. The van der Waals surface area contributed by atoms with Crippen LogP contribution in [0.3, 0.4) is 0 Å². The molecule has 2 amide bonds. The molecule has 2 rings (SSSR count). The van der Waals surface area contributed by atoms with Gasteiger partial charge in [0.25, 0.3) is 0 Å². The summed E-state index contributed by atoms with van der Waals surface area (Å²) in [4.78, 5) is 29.1. The Balaban J connectivity index is 0.00000480. The van der Waals surface area contributed by atoms with Gasteiger partial charge in [0.05, 0.1) is 13.7 Å². The van der Waals surface area contributed by atoms with Crippen LogP contribution in [-0.4, -0.2) is 47.6 Å². The number of hydrogen-bond donors (Lipinski definition) is 2. The SMILES string of the molecule is CCCOc1c(CN(C)C(=O)C=Cc2cnc(NC(C)=O)c(O)c2)cccc1OC.Cl. The molecule has 8 nitrogen and oxygen atoms in total. The molecule has 0 saturated carbocycles. The number of nitrogens with zero attached hydrogens (tertiary/aromatic N) is 2. The Kier molecular flexibility index (Phi) is 10.3. The molecule has 0 aliphatic rings. The van der Waals surface area contributed by atoms with Gasteiger partial charge in [0.2, 0.25) is 11.8 Å². The number of benzene rings is 1. The lowest BCUT2D eigenvalue weighted by Crippen LogP contribution is -2.24. The molecule has 0 aliphatic carbocycles. The number of aromatic nitrogens is 1. The number of pyridine rings is 1. The van der Waals surface area contributed by atoms with E-state index in [0.29, 0.717) is 30.2 Å². The normalized spacial score (nSPS) is 10.3. The highest BCUT2D eigenvalue weighted by molar-refractivity contribution is 5.92. The number of rotatable bonds is 9. The fourth-order valence-corrected chi connectivity index (χ4v) is 2.67. The van der Waals surface area contributed by atoms with E-state index in [1.165, 1.54) is 25.3 Å². The summed E-state index contributed by atoms with van der Waals surface area (Å²) in [5.74, 6) is 0.580. The van der Waals surface area contributed by atoms with E-state index in [2.05, 4.69) is 10.3 Å². The van der Waals surface area contributed by atoms with Crippen molar-refractivity contribution in [1.82, 2.24) is 9.88 Å². The predicted molar refractivity (Wildman–Crippen MR) is 122 cm³/mol. The van der Waals surface area contributed by atoms with Crippen molar-refractivity contribution in [2.24, 2.45) is 0 Å². The molecular weight excluding hydrogens is 422 g/mol. The molecule has 31 heavy (non-hydrogen) atoms. The van der Waals surface area contributed by atoms with Crippen molar-refractivity contribution in [3.05, 3.63) is 47.7 Å². The summed E-state index contributed by atoms with van der Waals surface area (Å²) in [6, 6.07) is 6.98. The number of nitrogens with one attached hydrogen (secondary N) is 1. The number of hydrogen-bond acceptors (Lipinski definition) is 6. The quantitative estimate of drug-likeness (QED) is 0.567. The molecule has 0 aliphatic heterocycles. The molecule has 0 radical (unpaired) electrons. The van der Waals surface area contributed by atoms with Crippen LogP contribution in [0.15, 0.2) is 36.5 Å². The van der Waals surface area contributed by atoms with E-state index >= 15 is 0 Å². The zero-order valence-electron chi connectivity index (χ0n) is 18.0. The molecule has 1 aromatic heterocycles. The highest BCUT2D eigenvalue weighted by atomic mass is 35.5. The molecule has 0 spiro atoms. The average Bonchev–Trinajstić information content (AvgIpc) is 2.72. The third kappa shape index (κ3) is 7.49. The van der Waals surface area contributed by atoms with Crippen LogP contribution in [0.2, 0.25) is 0 Å². The van der Waals surface area contributed by atoms with Gasteiger partial charge in [-0.15, -0.1) is 12.4 Å². The van der Waals surface area contributed by atoms with Gasteiger partial charge in [-0.2, -0.15) is 0 Å². The van der Waals surface area contributed by atoms with Crippen LogP contribution in [0.25, 0.3) is 6.08 Å². The Morgan fingerprint density at radius 1 is 1.32 bits per heavy atom. The second kappa shape index (κ2) is 12.4. The highest BCUT2D eigenvalue weighted by Crippen LogP contribution is 2.32. The Morgan fingerprint density at radius 2 is 2.06 bits per heavy atom. The summed E-state index contributed by atoms with van der Waals surface area (Å²) in [5, 5.41) is 12.3. The van der Waals surface area contributed by atoms with Crippen LogP contribution in [0.5, 0.6) is 17.2 Å². The number of halogens is 1. The second-order valence-corrected chi connectivity index (χ2v) is 6.64. The largest absolute Gasteiger partial charge is 0.504 e. The number of methoxy groups -OCH3 is 1. The minimum absolute atomic E-state index is 0. The molecular formula is C22H28ClN3O5. The molecule has 9 heteroatoms. The second-order valence-electron chi connectivity index (χ2n) is 6.64. The first-order chi connectivity index (χ1) is 14.3. The van der Waals surface area contributed by atoms with Crippen LogP contribution in [0.1, 0.15) is 31.4 Å².